The van der Waals surface area contributed by atoms with Crippen LogP contribution in [0.2, 0.25) is 0 Å². The Morgan fingerprint density at radius 1 is 1.04 bits per heavy atom. The molecule has 0 amide bonds. The highest BCUT2D eigenvalue weighted by molar-refractivity contribution is 7.89. The second-order valence-electron chi connectivity index (χ2n) is 5.93. The third-order valence-corrected chi connectivity index (χ3v) is 5.47. The first-order valence-corrected chi connectivity index (χ1v) is 9.64. The van der Waals surface area contributed by atoms with Crippen LogP contribution < -0.4 is 4.72 Å². The lowest BCUT2D eigenvalue weighted by Gasteiger charge is -2.08. The second kappa shape index (κ2) is 6.90. The van der Waals surface area contributed by atoms with Gasteiger partial charge in [0.1, 0.15) is 5.82 Å². The van der Waals surface area contributed by atoms with Crippen molar-refractivity contribution in [3.8, 4) is 11.3 Å². The predicted molar refractivity (Wildman–Crippen MR) is 98.8 cm³/mol. The number of benzene rings is 2. The standard InChI is InChI=1S/C19H15FN4O2S/c20-16-6-8-17(9-7-16)27(25,26)22-12-14-3-1-4-15(11-14)18-13-24-19(23-18)5-2-10-21-24/h1-11,13,22H,12H2. The fourth-order valence-electron chi connectivity index (χ4n) is 2.69. The molecule has 0 aliphatic heterocycles. The Bertz CT molecular complexity index is 1170. The van der Waals surface area contributed by atoms with E-state index in [4.69, 9.17) is 0 Å². The summed E-state index contributed by atoms with van der Waals surface area (Å²) in [4.78, 5) is 4.53. The quantitative estimate of drug-likeness (QED) is 0.576. The van der Waals surface area contributed by atoms with Crippen LogP contribution in [0.1, 0.15) is 5.56 Å². The Hall–Kier alpha value is -3.10. The number of rotatable bonds is 5. The number of sulfonamides is 1. The first kappa shape index (κ1) is 17.3. The van der Waals surface area contributed by atoms with E-state index in [1.54, 1.807) is 10.7 Å². The van der Waals surface area contributed by atoms with Crippen LogP contribution in [-0.2, 0) is 16.6 Å². The minimum Gasteiger partial charge on any atom is -0.227 e. The molecular weight excluding hydrogens is 367 g/mol. The molecule has 27 heavy (non-hydrogen) atoms. The van der Waals surface area contributed by atoms with E-state index in [9.17, 15) is 12.8 Å². The Labute approximate surface area is 155 Å². The zero-order valence-corrected chi connectivity index (χ0v) is 14.9. The van der Waals surface area contributed by atoms with Crippen LogP contribution in [-0.4, -0.2) is 23.0 Å². The largest absolute Gasteiger partial charge is 0.240 e. The van der Waals surface area contributed by atoms with Crippen LogP contribution in [0.15, 0.2) is 78.0 Å². The summed E-state index contributed by atoms with van der Waals surface area (Å²) in [5, 5.41) is 4.19. The average Bonchev–Trinajstić information content (AvgIpc) is 3.11. The van der Waals surface area contributed by atoms with E-state index in [1.807, 2.05) is 42.6 Å². The number of fused-ring (bicyclic) bond motifs is 1. The first-order valence-electron chi connectivity index (χ1n) is 8.16. The number of aromatic nitrogens is 3. The molecule has 0 fully saturated rings. The monoisotopic (exact) mass is 382 g/mol. The molecule has 4 rings (SSSR count). The Morgan fingerprint density at radius 3 is 2.63 bits per heavy atom. The molecule has 0 atom stereocenters. The van der Waals surface area contributed by atoms with Crippen molar-refractivity contribution in [2.75, 3.05) is 0 Å². The highest BCUT2D eigenvalue weighted by atomic mass is 32.2. The molecule has 0 aliphatic rings. The number of imidazole rings is 1. The van der Waals surface area contributed by atoms with Crippen LogP contribution >= 0.6 is 0 Å². The lowest BCUT2D eigenvalue weighted by Crippen LogP contribution is -2.23. The Kier molecular flexibility index (Phi) is 4.43. The third kappa shape index (κ3) is 3.71. The van der Waals surface area contributed by atoms with Gasteiger partial charge in [0.25, 0.3) is 0 Å². The molecule has 0 bridgehead atoms. The lowest BCUT2D eigenvalue weighted by molar-refractivity contribution is 0.580. The van der Waals surface area contributed by atoms with Crippen molar-refractivity contribution in [2.24, 2.45) is 0 Å². The van der Waals surface area contributed by atoms with Crippen molar-refractivity contribution in [1.82, 2.24) is 19.3 Å². The van der Waals surface area contributed by atoms with E-state index >= 15 is 0 Å². The zero-order valence-electron chi connectivity index (χ0n) is 14.1. The molecule has 0 saturated carbocycles. The van der Waals surface area contributed by atoms with Crippen molar-refractivity contribution >= 4 is 15.7 Å². The first-order chi connectivity index (χ1) is 13.0. The van der Waals surface area contributed by atoms with Gasteiger partial charge in [0.15, 0.2) is 5.65 Å². The molecule has 2 aromatic carbocycles. The average molecular weight is 382 g/mol. The molecule has 2 aromatic heterocycles. The van der Waals surface area contributed by atoms with Gasteiger partial charge in [0.05, 0.1) is 16.8 Å². The van der Waals surface area contributed by atoms with Crippen LogP contribution in [0.4, 0.5) is 4.39 Å². The fraction of sp³-hybridized carbons (Fsp3) is 0.0526. The van der Waals surface area contributed by atoms with E-state index in [0.29, 0.717) is 0 Å². The summed E-state index contributed by atoms with van der Waals surface area (Å²) in [5.41, 5.74) is 3.12. The molecular formula is C19H15FN4O2S. The molecule has 0 aliphatic carbocycles. The van der Waals surface area contributed by atoms with Crippen LogP contribution in [0, 0.1) is 5.82 Å². The van der Waals surface area contributed by atoms with Gasteiger partial charge in [-0.3, -0.25) is 0 Å². The number of nitrogens with one attached hydrogen (secondary N) is 1. The molecule has 2 heterocycles. The molecule has 1 N–H and O–H groups in total. The third-order valence-electron chi connectivity index (χ3n) is 4.05. The maximum atomic E-state index is 13.0. The van der Waals surface area contributed by atoms with Gasteiger partial charge in [-0.2, -0.15) is 5.10 Å². The normalized spacial score (nSPS) is 11.7. The summed E-state index contributed by atoms with van der Waals surface area (Å²) in [5.74, 6) is -0.483. The van der Waals surface area contributed by atoms with Gasteiger partial charge >= 0.3 is 0 Å². The zero-order chi connectivity index (χ0) is 18.9. The lowest BCUT2D eigenvalue weighted by atomic mass is 10.1. The summed E-state index contributed by atoms with van der Waals surface area (Å²) < 4.78 is 41.9. The maximum Gasteiger partial charge on any atom is 0.240 e. The van der Waals surface area contributed by atoms with E-state index in [2.05, 4.69) is 14.8 Å². The van der Waals surface area contributed by atoms with E-state index < -0.39 is 15.8 Å². The SMILES string of the molecule is O=S(=O)(NCc1cccc(-c2cn3ncccc3n2)c1)c1ccc(F)cc1. The Morgan fingerprint density at radius 2 is 1.85 bits per heavy atom. The Balaban J connectivity index is 1.55. The van der Waals surface area contributed by atoms with E-state index in [1.165, 1.54) is 12.1 Å². The molecule has 136 valence electrons. The van der Waals surface area contributed by atoms with Crippen LogP contribution in [0.5, 0.6) is 0 Å². The van der Waals surface area contributed by atoms with Gasteiger partial charge in [-0.05, 0) is 48.0 Å². The van der Waals surface area contributed by atoms with Crippen molar-refractivity contribution in [1.29, 1.82) is 0 Å². The number of hydrogen-bond acceptors (Lipinski definition) is 4. The molecule has 0 radical (unpaired) electrons. The summed E-state index contributed by atoms with van der Waals surface area (Å²) >= 11 is 0. The van der Waals surface area contributed by atoms with E-state index in [0.717, 1.165) is 34.6 Å². The van der Waals surface area contributed by atoms with Crippen LogP contribution in [0.25, 0.3) is 16.9 Å². The van der Waals surface area contributed by atoms with Crippen molar-refractivity contribution in [3.63, 3.8) is 0 Å². The fourth-order valence-corrected chi connectivity index (χ4v) is 3.70. The summed E-state index contributed by atoms with van der Waals surface area (Å²) in [6, 6.07) is 15.8. The van der Waals surface area contributed by atoms with Crippen molar-refractivity contribution in [3.05, 3.63) is 84.4 Å². The molecule has 0 saturated heterocycles. The van der Waals surface area contributed by atoms with Gasteiger partial charge in [-0.15, -0.1) is 0 Å². The van der Waals surface area contributed by atoms with Gasteiger partial charge in [0, 0.05) is 18.3 Å². The molecule has 0 unspecified atom stereocenters. The van der Waals surface area contributed by atoms with Gasteiger partial charge in [0.2, 0.25) is 10.0 Å². The van der Waals surface area contributed by atoms with Crippen molar-refractivity contribution < 1.29 is 12.8 Å². The molecule has 6 nitrogen and oxygen atoms in total. The minimum absolute atomic E-state index is 0.0199. The van der Waals surface area contributed by atoms with Gasteiger partial charge in [-0.1, -0.05) is 18.2 Å². The van der Waals surface area contributed by atoms with Crippen molar-refractivity contribution in [2.45, 2.75) is 11.4 Å². The number of nitrogens with zero attached hydrogens (tertiary/aromatic N) is 3. The summed E-state index contributed by atoms with van der Waals surface area (Å²) in [6.07, 6.45) is 3.50. The highest BCUT2D eigenvalue weighted by Gasteiger charge is 2.14. The van der Waals surface area contributed by atoms with E-state index in [-0.39, 0.29) is 11.4 Å². The van der Waals surface area contributed by atoms with Gasteiger partial charge in [-0.25, -0.2) is 27.0 Å². The predicted octanol–water partition coefficient (Wildman–Crippen LogP) is 3.01. The smallest absolute Gasteiger partial charge is 0.227 e. The minimum atomic E-state index is -3.72. The number of hydrogen-bond donors (Lipinski definition) is 1. The van der Waals surface area contributed by atoms with Crippen LogP contribution in [0.3, 0.4) is 0 Å². The molecule has 8 heteroatoms. The second-order valence-corrected chi connectivity index (χ2v) is 7.70. The highest BCUT2D eigenvalue weighted by Crippen LogP contribution is 2.20. The summed E-state index contributed by atoms with van der Waals surface area (Å²) in [7, 11) is -3.72. The maximum absolute atomic E-state index is 13.0. The van der Waals surface area contributed by atoms with Gasteiger partial charge < -0.3 is 0 Å². The summed E-state index contributed by atoms with van der Waals surface area (Å²) in [6.45, 7) is 0.110. The number of halogens is 1. The molecule has 0 spiro atoms. The topological polar surface area (TPSA) is 76.4 Å². The molecule has 4 aromatic rings.